The average Bonchev–Trinajstić information content (AvgIpc) is 3.38. The standard InChI is InChI=1S/C25H26ClFN4O2S/c1-17-25(18-10-12-30(13-11-18)34(32,33)24-15-29(2)16-28-24)19-6-3-4-9-23(19)31(17)14-20-21(26)7-5-8-22(20)27/h3-9,15-16,18H,10-14H2,1-2H3. The summed E-state index contributed by atoms with van der Waals surface area (Å²) in [5.41, 5.74) is 3.76. The van der Waals surface area contributed by atoms with Gasteiger partial charge in [0.05, 0.1) is 12.9 Å². The molecule has 0 aliphatic carbocycles. The highest BCUT2D eigenvalue weighted by atomic mass is 35.5. The molecule has 2 aromatic heterocycles. The van der Waals surface area contributed by atoms with Gasteiger partial charge in [-0.1, -0.05) is 35.9 Å². The van der Waals surface area contributed by atoms with Gasteiger partial charge in [0.1, 0.15) is 5.82 Å². The fraction of sp³-hybridized carbons (Fsp3) is 0.320. The highest BCUT2D eigenvalue weighted by Crippen LogP contribution is 2.39. The van der Waals surface area contributed by atoms with Crippen LogP contribution < -0.4 is 0 Å². The molecule has 0 spiro atoms. The zero-order chi connectivity index (χ0) is 24.0. The molecule has 0 N–H and O–H groups in total. The molecule has 0 unspecified atom stereocenters. The number of imidazole rings is 1. The van der Waals surface area contributed by atoms with E-state index in [0.29, 0.717) is 43.1 Å². The third-order valence-electron chi connectivity index (χ3n) is 6.81. The second kappa shape index (κ2) is 8.83. The van der Waals surface area contributed by atoms with Gasteiger partial charge in [-0.3, -0.25) is 0 Å². The molecular formula is C25H26ClFN4O2S. The van der Waals surface area contributed by atoms with Crippen LogP contribution in [0.3, 0.4) is 0 Å². The van der Waals surface area contributed by atoms with Crippen LogP contribution in [0.5, 0.6) is 0 Å². The van der Waals surface area contributed by atoms with Crippen LogP contribution in [0.25, 0.3) is 10.9 Å². The van der Waals surface area contributed by atoms with Crippen molar-refractivity contribution in [2.75, 3.05) is 13.1 Å². The van der Waals surface area contributed by atoms with Gasteiger partial charge in [0.15, 0.2) is 5.03 Å². The molecule has 0 atom stereocenters. The number of hydrogen-bond acceptors (Lipinski definition) is 3. The zero-order valence-electron chi connectivity index (χ0n) is 19.1. The number of rotatable bonds is 5. The van der Waals surface area contributed by atoms with Crippen LogP contribution in [0.4, 0.5) is 4.39 Å². The lowest BCUT2D eigenvalue weighted by Crippen LogP contribution is -2.38. The maximum absolute atomic E-state index is 14.6. The van der Waals surface area contributed by atoms with Crippen molar-refractivity contribution in [1.29, 1.82) is 0 Å². The van der Waals surface area contributed by atoms with E-state index in [9.17, 15) is 12.8 Å². The van der Waals surface area contributed by atoms with Crippen LogP contribution in [0.1, 0.15) is 35.6 Å². The number of sulfonamides is 1. The van der Waals surface area contributed by atoms with Crippen LogP contribution in [0.2, 0.25) is 5.02 Å². The van der Waals surface area contributed by atoms with Crippen molar-refractivity contribution in [3.8, 4) is 0 Å². The highest BCUT2D eigenvalue weighted by Gasteiger charge is 2.33. The maximum Gasteiger partial charge on any atom is 0.262 e. The van der Waals surface area contributed by atoms with Crippen molar-refractivity contribution >= 4 is 32.5 Å². The molecular weight excluding hydrogens is 475 g/mol. The van der Waals surface area contributed by atoms with E-state index < -0.39 is 10.0 Å². The Labute approximate surface area is 203 Å². The second-order valence-corrected chi connectivity index (χ2v) is 11.2. The molecule has 0 amide bonds. The van der Waals surface area contributed by atoms with Gasteiger partial charge in [0.2, 0.25) is 0 Å². The van der Waals surface area contributed by atoms with Gasteiger partial charge in [-0.2, -0.15) is 4.31 Å². The minimum Gasteiger partial charge on any atom is -0.340 e. The second-order valence-electron chi connectivity index (χ2n) is 8.86. The molecule has 0 bridgehead atoms. The van der Waals surface area contributed by atoms with Crippen LogP contribution in [-0.2, 0) is 23.6 Å². The molecule has 0 radical (unpaired) electrons. The first-order valence-electron chi connectivity index (χ1n) is 11.3. The van der Waals surface area contributed by atoms with Crippen molar-refractivity contribution in [3.63, 3.8) is 0 Å². The number of benzene rings is 2. The Morgan fingerprint density at radius 1 is 1.12 bits per heavy atom. The molecule has 1 fully saturated rings. The Morgan fingerprint density at radius 3 is 2.53 bits per heavy atom. The van der Waals surface area contributed by atoms with Gasteiger partial charge >= 0.3 is 0 Å². The average molecular weight is 501 g/mol. The molecule has 178 valence electrons. The van der Waals surface area contributed by atoms with Gasteiger partial charge in [-0.15, -0.1) is 0 Å². The minimum absolute atomic E-state index is 0.0861. The number of fused-ring (bicyclic) bond motifs is 1. The predicted molar refractivity (Wildman–Crippen MR) is 131 cm³/mol. The zero-order valence-corrected chi connectivity index (χ0v) is 20.7. The molecule has 6 nitrogen and oxygen atoms in total. The summed E-state index contributed by atoms with van der Waals surface area (Å²) in [5.74, 6) is -0.114. The fourth-order valence-electron chi connectivity index (χ4n) is 5.06. The first-order chi connectivity index (χ1) is 16.3. The Morgan fingerprint density at radius 2 is 1.85 bits per heavy atom. The van der Waals surface area contributed by atoms with Crippen LogP contribution in [0.15, 0.2) is 60.0 Å². The lowest BCUT2D eigenvalue weighted by atomic mass is 9.88. The Balaban J connectivity index is 1.46. The van der Waals surface area contributed by atoms with E-state index in [2.05, 4.69) is 22.5 Å². The molecule has 4 aromatic rings. The van der Waals surface area contributed by atoms with Gasteiger partial charge in [0, 0.05) is 53.5 Å². The molecule has 3 heterocycles. The Hall–Kier alpha value is -2.68. The first kappa shape index (κ1) is 23.1. The molecule has 5 rings (SSSR count). The Bertz CT molecular complexity index is 1450. The number of piperidine rings is 1. The summed E-state index contributed by atoms with van der Waals surface area (Å²) in [4.78, 5) is 4.04. The van der Waals surface area contributed by atoms with E-state index in [1.807, 2.05) is 18.2 Å². The minimum atomic E-state index is -3.60. The summed E-state index contributed by atoms with van der Waals surface area (Å²) in [5, 5.41) is 1.62. The van der Waals surface area contributed by atoms with Crippen molar-refractivity contribution in [2.24, 2.45) is 7.05 Å². The van der Waals surface area contributed by atoms with E-state index in [0.717, 1.165) is 16.6 Å². The highest BCUT2D eigenvalue weighted by molar-refractivity contribution is 7.89. The summed E-state index contributed by atoms with van der Waals surface area (Å²) in [7, 11) is -1.85. The third kappa shape index (κ3) is 3.93. The summed E-state index contributed by atoms with van der Waals surface area (Å²) in [6.07, 6.45) is 4.45. The smallest absolute Gasteiger partial charge is 0.262 e. The summed E-state index contributed by atoms with van der Waals surface area (Å²) in [6.45, 7) is 3.26. The predicted octanol–water partition coefficient (Wildman–Crippen LogP) is 5.09. The van der Waals surface area contributed by atoms with Gasteiger partial charge in [-0.05, 0) is 49.4 Å². The lowest BCUT2D eigenvalue weighted by Gasteiger charge is -2.31. The molecule has 0 saturated carbocycles. The summed E-state index contributed by atoms with van der Waals surface area (Å²) >= 11 is 6.33. The van der Waals surface area contributed by atoms with Crippen LogP contribution in [-0.4, -0.2) is 39.9 Å². The van der Waals surface area contributed by atoms with E-state index in [1.54, 1.807) is 23.7 Å². The van der Waals surface area contributed by atoms with E-state index >= 15 is 0 Å². The van der Waals surface area contributed by atoms with Crippen molar-refractivity contribution in [3.05, 3.63) is 82.6 Å². The van der Waals surface area contributed by atoms with Crippen LogP contribution >= 0.6 is 11.6 Å². The Kier molecular flexibility index (Phi) is 6.00. The normalized spacial score (nSPS) is 15.9. The monoisotopic (exact) mass is 500 g/mol. The fourth-order valence-corrected chi connectivity index (χ4v) is 6.72. The summed E-state index contributed by atoms with van der Waals surface area (Å²) in [6, 6.07) is 12.9. The molecule has 1 aliphatic heterocycles. The number of aryl methyl sites for hydroxylation is 1. The first-order valence-corrected chi connectivity index (χ1v) is 13.1. The van der Waals surface area contributed by atoms with Crippen molar-refractivity contribution < 1.29 is 12.8 Å². The number of hydrogen-bond donors (Lipinski definition) is 0. The SMILES string of the molecule is Cc1c(C2CCN(S(=O)(=O)c3cn(C)cn3)CC2)c2ccccc2n1Cc1c(F)cccc1Cl. The van der Waals surface area contributed by atoms with Gasteiger partial charge in [0.25, 0.3) is 10.0 Å². The molecule has 2 aromatic carbocycles. The molecule has 1 aliphatic rings. The third-order valence-corrected chi connectivity index (χ3v) is 8.94. The summed E-state index contributed by atoms with van der Waals surface area (Å²) < 4.78 is 45.8. The number of halogens is 2. The van der Waals surface area contributed by atoms with E-state index in [4.69, 9.17) is 11.6 Å². The lowest BCUT2D eigenvalue weighted by molar-refractivity contribution is 0.319. The van der Waals surface area contributed by atoms with Crippen molar-refractivity contribution in [2.45, 2.75) is 37.3 Å². The molecule has 1 saturated heterocycles. The van der Waals surface area contributed by atoms with Crippen LogP contribution in [0, 0.1) is 12.7 Å². The van der Waals surface area contributed by atoms with Gasteiger partial charge in [-0.25, -0.2) is 17.8 Å². The largest absolute Gasteiger partial charge is 0.340 e. The van der Waals surface area contributed by atoms with Gasteiger partial charge < -0.3 is 9.13 Å². The van der Waals surface area contributed by atoms with E-state index in [-0.39, 0.29) is 16.8 Å². The number of para-hydroxylation sites is 1. The van der Waals surface area contributed by atoms with Crippen molar-refractivity contribution in [1.82, 2.24) is 18.4 Å². The molecule has 34 heavy (non-hydrogen) atoms. The maximum atomic E-state index is 14.6. The number of nitrogens with zero attached hydrogens (tertiary/aromatic N) is 4. The number of aromatic nitrogens is 3. The molecule has 9 heteroatoms. The van der Waals surface area contributed by atoms with E-state index in [1.165, 1.54) is 28.5 Å². The quantitative estimate of drug-likeness (QED) is 0.383. The topological polar surface area (TPSA) is 60.1 Å².